The Morgan fingerprint density at radius 3 is 2.22 bits per heavy atom. The van der Waals surface area contributed by atoms with E-state index < -0.39 is 11.9 Å². The second-order valence-electron chi connectivity index (χ2n) is 4.74. The van der Waals surface area contributed by atoms with Gasteiger partial charge in [-0.1, -0.05) is 6.58 Å². The molecule has 0 heterocycles. The third-order valence-corrected chi connectivity index (χ3v) is 2.53. The normalized spacial score (nSPS) is 10.1. The zero-order valence-corrected chi connectivity index (χ0v) is 13.5. The molecule has 8 heteroatoms. The topological polar surface area (TPSA) is 111 Å². The lowest BCUT2D eigenvalue weighted by atomic mass is 10.3. The van der Waals surface area contributed by atoms with E-state index >= 15 is 0 Å². The summed E-state index contributed by atoms with van der Waals surface area (Å²) in [4.78, 5) is 32.5. The molecule has 0 spiro atoms. The molecule has 0 aliphatic carbocycles. The molecule has 0 aromatic heterocycles. The number of carboxylic acid groups (broad SMARTS) is 1. The van der Waals surface area contributed by atoms with Crippen molar-refractivity contribution in [2.45, 2.75) is 26.2 Å². The number of amides is 1. The molecular formula is C15H25NO7. The van der Waals surface area contributed by atoms with Crippen LogP contribution in [0.25, 0.3) is 0 Å². The maximum Gasteiger partial charge on any atom is 0.333 e. The summed E-state index contributed by atoms with van der Waals surface area (Å²) in [7, 11) is 0. The van der Waals surface area contributed by atoms with Crippen LogP contribution in [-0.2, 0) is 28.6 Å². The molecule has 8 nitrogen and oxygen atoms in total. The first-order chi connectivity index (χ1) is 10.9. The van der Waals surface area contributed by atoms with Gasteiger partial charge in [0.05, 0.1) is 26.2 Å². The second-order valence-corrected chi connectivity index (χ2v) is 4.74. The van der Waals surface area contributed by atoms with E-state index in [1.54, 1.807) is 6.92 Å². The molecule has 0 rings (SSSR count). The van der Waals surface area contributed by atoms with Crippen LogP contribution >= 0.6 is 0 Å². The van der Waals surface area contributed by atoms with Gasteiger partial charge in [-0.05, 0) is 13.3 Å². The van der Waals surface area contributed by atoms with Gasteiger partial charge in [-0.25, -0.2) is 4.79 Å². The Balaban J connectivity index is 3.25. The highest BCUT2D eigenvalue weighted by Crippen LogP contribution is 1.92. The lowest BCUT2D eigenvalue weighted by Crippen LogP contribution is -2.25. The lowest BCUT2D eigenvalue weighted by Gasteiger charge is -2.07. The monoisotopic (exact) mass is 331 g/mol. The summed E-state index contributed by atoms with van der Waals surface area (Å²) in [5, 5.41) is 11.0. The van der Waals surface area contributed by atoms with Crippen LogP contribution in [0.4, 0.5) is 0 Å². The SMILES string of the molecule is C=C(C)C(=O)OCCOCCOCCCNC(=O)CCC(=O)O. The molecule has 0 atom stereocenters. The van der Waals surface area contributed by atoms with Crippen LogP contribution in [0.2, 0.25) is 0 Å². The maximum absolute atomic E-state index is 11.2. The van der Waals surface area contributed by atoms with Crippen molar-refractivity contribution < 1.29 is 33.7 Å². The fourth-order valence-corrected chi connectivity index (χ4v) is 1.35. The number of carboxylic acids is 1. The van der Waals surface area contributed by atoms with Gasteiger partial charge in [-0.3, -0.25) is 9.59 Å². The van der Waals surface area contributed by atoms with Gasteiger partial charge in [-0.2, -0.15) is 0 Å². The predicted molar refractivity (Wildman–Crippen MR) is 81.9 cm³/mol. The van der Waals surface area contributed by atoms with E-state index in [9.17, 15) is 14.4 Å². The van der Waals surface area contributed by atoms with Gasteiger partial charge in [0.15, 0.2) is 0 Å². The average Bonchev–Trinajstić information content (AvgIpc) is 2.50. The first-order valence-corrected chi connectivity index (χ1v) is 7.40. The van der Waals surface area contributed by atoms with Crippen molar-refractivity contribution in [2.24, 2.45) is 0 Å². The molecule has 0 aliphatic rings. The number of nitrogens with one attached hydrogen (secondary N) is 1. The highest BCUT2D eigenvalue weighted by atomic mass is 16.6. The molecule has 0 fully saturated rings. The van der Waals surface area contributed by atoms with Gasteiger partial charge < -0.3 is 24.6 Å². The van der Waals surface area contributed by atoms with Gasteiger partial charge in [0, 0.05) is 25.1 Å². The van der Waals surface area contributed by atoms with E-state index in [-0.39, 0.29) is 25.4 Å². The van der Waals surface area contributed by atoms with Gasteiger partial charge in [0.2, 0.25) is 5.91 Å². The van der Waals surface area contributed by atoms with Crippen molar-refractivity contribution in [3.05, 3.63) is 12.2 Å². The molecule has 23 heavy (non-hydrogen) atoms. The van der Waals surface area contributed by atoms with E-state index in [0.717, 1.165) is 0 Å². The fourth-order valence-electron chi connectivity index (χ4n) is 1.35. The molecule has 0 unspecified atom stereocenters. The van der Waals surface area contributed by atoms with Gasteiger partial charge in [-0.15, -0.1) is 0 Å². The van der Waals surface area contributed by atoms with Gasteiger partial charge >= 0.3 is 11.9 Å². The van der Waals surface area contributed by atoms with Crippen molar-refractivity contribution in [2.75, 3.05) is 39.6 Å². The summed E-state index contributed by atoms with van der Waals surface area (Å²) >= 11 is 0. The largest absolute Gasteiger partial charge is 0.481 e. The third kappa shape index (κ3) is 14.8. The molecular weight excluding hydrogens is 306 g/mol. The van der Waals surface area contributed by atoms with Crippen LogP contribution in [0.1, 0.15) is 26.2 Å². The number of esters is 1. The van der Waals surface area contributed by atoms with E-state index in [0.29, 0.717) is 45.0 Å². The van der Waals surface area contributed by atoms with Gasteiger partial charge in [0.1, 0.15) is 6.61 Å². The lowest BCUT2D eigenvalue weighted by molar-refractivity contribution is -0.140. The van der Waals surface area contributed by atoms with E-state index in [1.807, 2.05) is 0 Å². The van der Waals surface area contributed by atoms with Crippen molar-refractivity contribution in [3.8, 4) is 0 Å². The third-order valence-electron chi connectivity index (χ3n) is 2.53. The van der Waals surface area contributed by atoms with E-state index in [2.05, 4.69) is 11.9 Å². The zero-order valence-electron chi connectivity index (χ0n) is 13.5. The number of hydrogen-bond donors (Lipinski definition) is 2. The van der Waals surface area contributed by atoms with E-state index in [4.69, 9.17) is 19.3 Å². The minimum atomic E-state index is -0.988. The number of carbonyl (C=O) groups excluding carboxylic acids is 2. The minimum absolute atomic E-state index is 0.0139. The summed E-state index contributed by atoms with van der Waals surface area (Å²) in [6.07, 6.45) is 0.455. The molecule has 0 saturated carbocycles. The highest BCUT2D eigenvalue weighted by Gasteiger charge is 2.04. The highest BCUT2D eigenvalue weighted by molar-refractivity contribution is 5.86. The summed E-state index contributed by atoms with van der Waals surface area (Å²) < 4.78 is 15.3. The van der Waals surface area contributed by atoms with Crippen LogP contribution in [0.15, 0.2) is 12.2 Å². The standard InChI is InChI=1S/C15H25NO7/c1-12(2)15(20)23-11-10-22-9-8-21-7-3-6-16-13(17)4-5-14(18)19/h1,3-11H2,2H3,(H,16,17)(H,18,19). The maximum atomic E-state index is 11.2. The molecule has 2 N–H and O–H groups in total. The molecule has 132 valence electrons. The first kappa shape index (κ1) is 21.1. The van der Waals surface area contributed by atoms with Crippen LogP contribution in [0.5, 0.6) is 0 Å². The zero-order chi connectivity index (χ0) is 17.5. The molecule has 0 aromatic carbocycles. The van der Waals surface area contributed by atoms with Crippen molar-refractivity contribution in [1.82, 2.24) is 5.32 Å². The van der Waals surface area contributed by atoms with Crippen molar-refractivity contribution in [1.29, 1.82) is 0 Å². The summed E-state index contributed by atoms with van der Waals surface area (Å²) in [6, 6.07) is 0. The number of rotatable bonds is 14. The quantitative estimate of drug-likeness (QED) is 0.271. The Kier molecular flexibility index (Phi) is 12.6. The Morgan fingerprint density at radius 1 is 1.00 bits per heavy atom. The van der Waals surface area contributed by atoms with Crippen LogP contribution in [0, 0.1) is 0 Å². The first-order valence-electron chi connectivity index (χ1n) is 7.40. The summed E-state index contributed by atoms with van der Waals surface area (Å²) in [5.41, 5.74) is 0.350. The van der Waals surface area contributed by atoms with Crippen molar-refractivity contribution >= 4 is 17.8 Å². The number of carbonyl (C=O) groups is 3. The fraction of sp³-hybridized carbons (Fsp3) is 0.667. The molecule has 0 aromatic rings. The second kappa shape index (κ2) is 13.7. The van der Waals surface area contributed by atoms with Crippen LogP contribution in [-0.4, -0.2) is 62.5 Å². The molecule has 0 saturated heterocycles. The minimum Gasteiger partial charge on any atom is -0.481 e. The molecule has 0 aliphatic heterocycles. The summed E-state index contributed by atoms with van der Waals surface area (Å²) in [5.74, 6) is -1.70. The molecule has 0 bridgehead atoms. The molecule has 1 amide bonds. The average molecular weight is 331 g/mol. The van der Waals surface area contributed by atoms with Crippen LogP contribution < -0.4 is 5.32 Å². The number of aliphatic carboxylic acids is 1. The Labute approximate surface area is 135 Å². The predicted octanol–water partition coefficient (Wildman–Crippen LogP) is 0.510. The molecule has 0 radical (unpaired) electrons. The van der Waals surface area contributed by atoms with E-state index in [1.165, 1.54) is 0 Å². The number of hydrogen-bond acceptors (Lipinski definition) is 6. The summed E-state index contributed by atoms with van der Waals surface area (Å²) in [6.45, 7) is 7.20. The van der Waals surface area contributed by atoms with Crippen molar-refractivity contribution in [3.63, 3.8) is 0 Å². The Hall–Kier alpha value is -1.93. The number of ether oxygens (including phenoxy) is 3. The van der Waals surface area contributed by atoms with Crippen LogP contribution in [0.3, 0.4) is 0 Å². The Bertz CT molecular complexity index is 395. The van der Waals surface area contributed by atoms with Gasteiger partial charge in [0.25, 0.3) is 0 Å². The Morgan fingerprint density at radius 2 is 1.61 bits per heavy atom. The smallest absolute Gasteiger partial charge is 0.333 e.